The van der Waals surface area contributed by atoms with Crippen LogP contribution in [0.3, 0.4) is 0 Å². The van der Waals surface area contributed by atoms with Gasteiger partial charge in [0.2, 0.25) is 0 Å². The number of aliphatic hydroxyl groups is 3. The van der Waals surface area contributed by atoms with Gasteiger partial charge in [-0.2, -0.15) is 0 Å². The summed E-state index contributed by atoms with van der Waals surface area (Å²) < 4.78 is 1.72. The van der Waals surface area contributed by atoms with Crippen LogP contribution in [0.1, 0.15) is 48.0 Å². The molecule has 1 aliphatic carbocycles. The second kappa shape index (κ2) is 15.2. The number of hydrogen-bond acceptors (Lipinski definition) is 3. The van der Waals surface area contributed by atoms with E-state index in [0.717, 1.165) is 0 Å². The molecule has 4 heteroatoms. The Hall–Kier alpha value is 0.0743. The van der Waals surface area contributed by atoms with Crippen molar-refractivity contribution in [2.45, 2.75) is 68.9 Å². The van der Waals surface area contributed by atoms with Gasteiger partial charge < -0.3 is 15.3 Å². The normalized spacial score (nSPS) is 14.6. The van der Waals surface area contributed by atoms with Crippen molar-refractivity contribution in [3.8, 4) is 0 Å². The van der Waals surface area contributed by atoms with Crippen molar-refractivity contribution < 1.29 is 30.6 Å². The number of rotatable bonds is 4. The fraction of sp³-hybridized carbons (Fsp3) is 0.810. The predicted molar refractivity (Wildman–Crippen MR) is 111 cm³/mol. The van der Waals surface area contributed by atoms with Gasteiger partial charge in [-0.25, -0.2) is 0 Å². The van der Waals surface area contributed by atoms with Crippen molar-refractivity contribution in [2.24, 2.45) is 17.8 Å². The first-order valence-corrected chi connectivity index (χ1v) is 16.6. The Morgan fingerprint density at radius 2 is 1.04 bits per heavy atom. The summed E-state index contributed by atoms with van der Waals surface area (Å²) in [6.07, 6.45) is 7.99. The Kier molecular flexibility index (Phi) is 18.1. The third kappa shape index (κ3) is 26.4. The Balaban J connectivity index is -0.000000279. The van der Waals surface area contributed by atoms with E-state index in [1.165, 1.54) is 6.42 Å². The van der Waals surface area contributed by atoms with Crippen molar-refractivity contribution in [1.29, 1.82) is 0 Å². The molecule has 0 aromatic carbocycles. The van der Waals surface area contributed by atoms with Crippen LogP contribution in [0.4, 0.5) is 0 Å². The average Bonchev–Trinajstić information content (AvgIpc) is 3.03. The number of hydrogen-bond donors (Lipinski definition) is 3. The van der Waals surface area contributed by atoms with E-state index in [0.29, 0.717) is 37.6 Å². The second-order valence-electron chi connectivity index (χ2n) is 10.1. The first-order chi connectivity index (χ1) is 11.2. The topological polar surface area (TPSA) is 60.7 Å². The minimum absolute atomic E-state index is 0.306. The molecule has 0 aromatic rings. The molecule has 3 nitrogen and oxygen atoms in total. The van der Waals surface area contributed by atoms with E-state index in [2.05, 4.69) is 39.1 Å². The third-order valence-corrected chi connectivity index (χ3v) is 7.74. The van der Waals surface area contributed by atoms with Crippen LogP contribution in [-0.2, 0) is 15.3 Å². The molecule has 1 rings (SSSR count). The minimum atomic E-state index is -2.02. The van der Waals surface area contributed by atoms with Gasteiger partial charge in [-0.1, -0.05) is 41.5 Å². The van der Waals surface area contributed by atoms with Crippen LogP contribution in [0, 0.1) is 17.8 Å². The predicted octanol–water partition coefficient (Wildman–Crippen LogP) is 5.62. The van der Waals surface area contributed by atoms with E-state index in [9.17, 15) is 0 Å². The molecular formula is C21H47O3Ti. The summed E-state index contributed by atoms with van der Waals surface area (Å²) >= 11 is -2.02. The van der Waals surface area contributed by atoms with Crippen molar-refractivity contribution in [2.75, 3.05) is 19.8 Å². The average molecular weight is 395 g/mol. The molecule has 0 bridgehead atoms. The summed E-state index contributed by atoms with van der Waals surface area (Å²) in [5, 5.41) is 34.3. The number of allylic oxidation sites excluding steroid dienone is 4. The van der Waals surface area contributed by atoms with E-state index in [4.69, 9.17) is 15.3 Å². The summed E-state index contributed by atoms with van der Waals surface area (Å²) in [6, 6.07) is 0. The molecule has 0 fully saturated rings. The Morgan fingerprint density at radius 3 is 1.12 bits per heavy atom. The first-order valence-electron chi connectivity index (χ1n) is 9.60. The molecule has 0 atom stereocenters. The summed E-state index contributed by atoms with van der Waals surface area (Å²) in [5.74, 6) is 1.32. The fourth-order valence-electron chi connectivity index (χ4n) is 1.19. The van der Waals surface area contributed by atoms with Gasteiger partial charge in [0.1, 0.15) is 0 Å². The Morgan fingerprint density at radius 1 is 0.760 bits per heavy atom. The van der Waals surface area contributed by atoms with E-state index in [1.54, 1.807) is 3.88 Å². The molecule has 1 aliphatic rings. The molecule has 0 saturated carbocycles. The van der Waals surface area contributed by atoms with Gasteiger partial charge in [0.25, 0.3) is 0 Å². The van der Waals surface area contributed by atoms with Gasteiger partial charge >= 0.3 is 64.7 Å². The number of aliphatic hydroxyl groups excluding tert-OH is 3. The van der Waals surface area contributed by atoms with Gasteiger partial charge in [0.05, 0.1) is 0 Å². The first kappa shape index (κ1) is 29.8. The summed E-state index contributed by atoms with van der Waals surface area (Å²) in [7, 11) is 0. The van der Waals surface area contributed by atoms with E-state index < -0.39 is 15.3 Å². The van der Waals surface area contributed by atoms with Crippen LogP contribution in [-0.4, -0.2) is 35.1 Å². The quantitative estimate of drug-likeness (QED) is 0.542. The standard InChI is InChI=1S/C5H5.3C4H10O.4CH3.Ti/c1-2-4-5-3-1;3*1-4(2)3-5;;;;;/h1-3H,4H2;3*4-5H,3H2,1-2H3;4*1H3;. The zero-order valence-corrected chi connectivity index (χ0v) is 20.2. The van der Waals surface area contributed by atoms with E-state index in [1.807, 2.05) is 41.5 Å². The monoisotopic (exact) mass is 395 g/mol. The van der Waals surface area contributed by atoms with E-state index >= 15 is 0 Å². The van der Waals surface area contributed by atoms with Crippen LogP contribution >= 0.6 is 0 Å². The van der Waals surface area contributed by atoms with Crippen molar-refractivity contribution in [1.82, 2.24) is 0 Å². The molecule has 3 N–H and O–H groups in total. The molecular weight excluding hydrogens is 348 g/mol. The van der Waals surface area contributed by atoms with Crippen LogP contribution in [0.15, 0.2) is 22.1 Å². The molecule has 25 heavy (non-hydrogen) atoms. The van der Waals surface area contributed by atoms with Crippen LogP contribution in [0.5, 0.6) is 0 Å². The molecule has 0 aliphatic heterocycles. The third-order valence-electron chi connectivity index (χ3n) is 3.15. The van der Waals surface area contributed by atoms with Gasteiger partial charge in [-0.3, -0.25) is 0 Å². The summed E-state index contributed by atoms with van der Waals surface area (Å²) in [5.41, 5.74) is 0. The zero-order valence-electron chi connectivity index (χ0n) is 18.6. The summed E-state index contributed by atoms with van der Waals surface area (Å²) in [4.78, 5) is 0. The second-order valence-corrected chi connectivity index (χ2v) is 23.5. The Bertz CT molecular complexity index is 333. The fourth-order valence-corrected chi connectivity index (χ4v) is 3.84. The van der Waals surface area contributed by atoms with Gasteiger partial charge in [-0.05, 0) is 17.8 Å². The molecule has 0 unspecified atom stereocenters. The van der Waals surface area contributed by atoms with E-state index in [-0.39, 0.29) is 0 Å². The van der Waals surface area contributed by atoms with Gasteiger partial charge in [-0.15, -0.1) is 0 Å². The maximum absolute atomic E-state index is 8.14. The SMILES string of the molecule is CC(C)CO.CC(C)CO.CC(C)CO.[CH3][Ti]([CH3])([CH3])([CH3])[C]1=CC=CC1. The maximum atomic E-state index is 8.14. The molecule has 0 amide bonds. The molecule has 0 saturated heterocycles. The van der Waals surface area contributed by atoms with Crippen molar-refractivity contribution >= 4 is 0 Å². The van der Waals surface area contributed by atoms with Crippen LogP contribution < -0.4 is 0 Å². The Labute approximate surface area is 159 Å². The zero-order chi connectivity index (χ0) is 20.7. The summed E-state index contributed by atoms with van der Waals surface area (Å²) in [6.45, 7) is 12.7. The molecule has 153 valence electrons. The van der Waals surface area contributed by atoms with Gasteiger partial charge in [0, 0.05) is 19.8 Å². The molecule has 0 radical (unpaired) electrons. The van der Waals surface area contributed by atoms with Crippen LogP contribution in [0.25, 0.3) is 0 Å². The van der Waals surface area contributed by atoms with Crippen molar-refractivity contribution in [3.63, 3.8) is 0 Å². The van der Waals surface area contributed by atoms with Gasteiger partial charge in [0.15, 0.2) is 0 Å². The molecule has 0 heterocycles. The van der Waals surface area contributed by atoms with Crippen molar-refractivity contribution in [3.05, 3.63) is 22.1 Å². The molecule has 0 aromatic heterocycles. The van der Waals surface area contributed by atoms with Crippen LogP contribution in [0.2, 0.25) is 20.9 Å². The molecule has 0 spiro atoms.